The molecule has 0 bridgehead atoms. The molecule has 0 heterocycles. The van der Waals surface area contributed by atoms with Gasteiger partial charge in [0, 0.05) is 6.42 Å². The highest BCUT2D eigenvalue weighted by Crippen LogP contribution is 1.99. The summed E-state index contributed by atoms with van der Waals surface area (Å²) in [5.74, 6) is 0. The van der Waals surface area contributed by atoms with E-state index in [0.29, 0.717) is 6.42 Å². The van der Waals surface area contributed by atoms with Crippen LogP contribution in [0.25, 0.3) is 0 Å². The van der Waals surface area contributed by atoms with E-state index < -0.39 is 0 Å². The fourth-order valence-corrected chi connectivity index (χ4v) is 0.430. The molecule has 0 spiro atoms. The summed E-state index contributed by atoms with van der Waals surface area (Å²) in [6, 6.07) is 0. The van der Waals surface area contributed by atoms with E-state index in [1.54, 1.807) is 0 Å². The van der Waals surface area contributed by atoms with Gasteiger partial charge in [-0.3, -0.25) is 0 Å². The zero-order valence-corrected chi connectivity index (χ0v) is 6.31. The Morgan fingerprint density at radius 3 is 2.57 bits per heavy atom. The van der Waals surface area contributed by atoms with E-state index in [9.17, 15) is 4.79 Å². The molecule has 0 aromatic rings. The van der Waals surface area contributed by atoms with Crippen molar-refractivity contribution >= 4 is 28.9 Å². The minimum Gasteiger partial charge on any atom is -0.303 e. The van der Waals surface area contributed by atoms with Crippen LogP contribution in [0.4, 0.5) is 0 Å². The second-order valence-corrected chi connectivity index (χ2v) is 1.95. The third kappa shape index (κ3) is 3.98. The number of carbonyl (C=O) groups excluding carboxylic acids is 1. The number of aldehydes is 1. The van der Waals surface area contributed by atoms with E-state index in [1.165, 1.54) is 0 Å². The SMILES string of the molecule is CC(=CI)CC=O. The molecule has 0 unspecified atom stereocenters. The molecule has 1 nitrogen and oxygen atoms in total. The van der Waals surface area contributed by atoms with E-state index in [4.69, 9.17) is 0 Å². The van der Waals surface area contributed by atoms with Gasteiger partial charge in [-0.05, 0) is 11.0 Å². The van der Waals surface area contributed by atoms with Gasteiger partial charge in [-0.25, -0.2) is 0 Å². The van der Waals surface area contributed by atoms with Gasteiger partial charge in [0.1, 0.15) is 6.29 Å². The minimum atomic E-state index is 0.572. The first kappa shape index (κ1) is 7.14. The molecule has 0 rings (SSSR count). The normalized spacial score (nSPS) is 11.4. The quantitative estimate of drug-likeness (QED) is 0.502. The second kappa shape index (κ2) is 4.30. The molecule has 0 saturated heterocycles. The Morgan fingerprint density at radius 1 is 1.86 bits per heavy atom. The number of allylic oxidation sites excluding steroid dienone is 1. The summed E-state index contributed by atoms with van der Waals surface area (Å²) in [6.07, 6.45) is 1.48. The van der Waals surface area contributed by atoms with Crippen LogP contribution in [0.1, 0.15) is 13.3 Å². The Labute approximate surface area is 56.9 Å². The first-order chi connectivity index (χ1) is 3.31. The lowest BCUT2D eigenvalue weighted by atomic mass is 10.3. The maximum Gasteiger partial charge on any atom is 0.124 e. The van der Waals surface area contributed by atoms with Crippen LogP contribution in [0.2, 0.25) is 0 Å². The second-order valence-electron chi connectivity index (χ2n) is 1.33. The van der Waals surface area contributed by atoms with E-state index in [0.717, 1.165) is 11.9 Å². The Kier molecular flexibility index (Phi) is 4.39. The van der Waals surface area contributed by atoms with Crippen molar-refractivity contribution < 1.29 is 4.79 Å². The van der Waals surface area contributed by atoms with Crippen LogP contribution in [-0.4, -0.2) is 6.29 Å². The first-order valence-corrected chi connectivity index (χ1v) is 3.25. The van der Waals surface area contributed by atoms with Gasteiger partial charge < -0.3 is 4.79 Å². The molecule has 40 valence electrons. The summed E-state index contributed by atoms with van der Waals surface area (Å²) in [4.78, 5) is 9.73. The van der Waals surface area contributed by atoms with E-state index in [2.05, 4.69) is 22.6 Å². The Bertz CT molecular complexity index is 86.1. The van der Waals surface area contributed by atoms with Crippen LogP contribution in [0.3, 0.4) is 0 Å². The highest BCUT2D eigenvalue weighted by Gasteiger charge is 1.80. The monoisotopic (exact) mass is 210 g/mol. The van der Waals surface area contributed by atoms with Crippen LogP contribution in [-0.2, 0) is 4.79 Å². The summed E-state index contributed by atoms with van der Waals surface area (Å²) >= 11 is 2.12. The van der Waals surface area contributed by atoms with Crippen LogP contribution >= 0.6 is 22.6 Å². The first-order valence-electron chi connectivity index (χ1n) is 2.00. The number of halogens is 1. The van der Waals surface area contributed by atoms with Gasteiger partial charge in [0.05, 0.1) is 0 Å². The molecule has 0 atom stereocenters. The zero-order valence-electron chi connectivity index (χ0n) is 4.15. The molecular formula is C5H7IO. The third-order valence-electron chi connectivity index (χ3n) is 0.592. The molecule has 0 aromatic carbocycles. The van der Waals surface area contributed by atoms with E-state index >= 15 is 0 Å². The Balaban J connectivity index is 3.36. The van der Waals surface area contributed by atoms with Gasteiger partial charge >= 0.3 is 0 Å². The predicted molar refractivity (Wildman–Crippen MR) is 38.5 cm³/mol. The molecule has 0 aliphatic rings. The van der Waals surface area contributed by atoms with Crippen molar-refractivity contribution in [3.8, 4) is 0 Å². The van der Waals surface area contributed by atoms with Crippen LogP contribution < -0.4 is 0 Å². The maximum atomic E-state index is 9.73. The summed E-state index contributed by atoms with van der Waals surface area (Å²) in [6.45, 7) is 1.93. The highest BCUT2D eigenvalue weighted by atomic mass is 127. The molecule has 7 heavy (non-hydrogen) atoms. The molecule has 0 N–H and O–H groups in total. The maximum absolute atomic E-state index is 9.73. The number of carbonyl (C=O) groups is 1. The van der Waals surface area contributed by atoms with Crippen molar-refractivity contribution in [3.63, 3.8) is 0 Å². The molecule has 0 aromatic heterocycles. The lowest BCUT2D eigenvalue weighted by molar-refractivity contribution is -0.107. The average molecular weight is 210 g/mol. The van der Waals surface area contributed by atoms with Gasteiger partial charge in [0.25, 0.3) is 0 Å². The molecular weight excluding hydrogens is 203 g/mol. The van der Waals surface area contributed by atoms with Gasteiger partial charge in [-0.15, -0.1) is 0 Å². The molecule has 0 saturated carbocycles. The molecule has 0 fully saturated rings. The fraction of sp³-hybridized carbons (Fsp3) is 0.400. The van der Waals surface area contributed by atoms with E-state index in [-0.39, 0.29) is 0 Å². The van der Waals surface area contributed by atoms with Gasteiger partial charge in [-0.2, -0.15) is 0 Å². The molecule has 0 amide bonds. The average Bonchev–Trinajstić information content (AvgIpc) is 1.68. The Hall–Kier alpha value is 0.140. The lowest BCUT2D eigenvalue weighted by Gasteiger charge is -1.83. The van der Waals surface area contributed by atoms with Crippen LogP contribution in [0, 0.1) is 0 Å². The van der Waals surface area contributed by atoms with E-state index in [1.807, 2.05) is 11.0 Å². The predicted octanol–water partition coefficient (Wildman–Crippen LogP) is 1.91. The molecule has 0 aliphatic heterocycles. The summed E-state index contributed by atoms with van der Waals surface area (Å²) in [5.41, 5.74) is 1.12. The molecule has 2 heteroatoms. The topological polar surface area (TPSA) is 17.1 Å². The van der Waals surface area contributed by atoms with Gasteiger partial charge in [0.15, 0.2) is 0 Å². The largest absolute Gasteiger partial charge is 0.303 e. The molecule has 0 radical (unpaired) electrons. The van der Waals surface area contributed by atoms with Crippen LogP contribution in [0.15, 0.2) is 9.66 Å². The minimum absolute atomic E-state index is 0.572. The number of rotatable bonds is 2. The zero-order chi connectivity index (χ0) is 5.70. The number of hydrogen-bond donors (Lipinski definition) is 0. The van der Waals surface area contributed by atoms with Crippen LogP contribution in [0.5, 0.6) is 0 Å². The van der Waals surface area contributed by atoms with Crippen molar-refractivity contribution in [1.82, 2.24) is 0 Å². The summed E-state index contributed by atoms with van der Waals surface area (Å²) < 4.78 is 1.91. The lowest BCUT2D eigenvalue weighted by Crippen LogP contribution is -1.73. The summed E-state index contributed by atoms with van der Waals surface area (Å²) in [7, 11) is 0. The summed E-state index contributed by atoms with van der Waals surface area (Å²) in [5, 5.41) is 0. The number of hydrogen-bond acceptors (Lipinski definition) is 1. The van der Waals surface area contributed by atoms with Crippen molar-refractivity contribution in [2.24, 2.45) is 0 Å². The highest BCUT2D eigenvalue weighted by molar-refractivity contribution is 14.1. The van der Waals surface area contributed by atoms with Crippen molar-refractivity contribution in [2.75, 3.05) is 0 Å². The van der Waals surface area contributed by atoms with Gasteiger partial charge in [0.2, 0.25) is 0 Å². The van der Waals surface area contributed by atoms with Crippen molar-refractivity contribution in [2.45, 2.75) is 13.3 Å². The Morgan fingerprint density at radius 2 is 2.43 bits per heavy atom. The fourth-order valence-electron chi connectivity index (χ4n) is 0.176. The van der Waals surface area contributed by atoms with Crippen molar-refractivity contribution in [1.29, 1.82) is 0 Å². The standard InChI is InChI=1S/C5H7IO/c1-5(4-6)2-3-7/h3-4H,2H2,1H3. The smallest absolute Gasteiger partial charge is 0.124 e. The van der Waals surface area contributed by atoms with Crippen molar-refractivity contribution in [3.05, 3.63) is 9.66 Å². The van der Waals surface area contributed by atoms with Gasteiger partial charge in [-0.1, -0.05) is 28.2 Å². The molecule has 0 aliphatic carbocycles. The third-order valence-corrected chi connectivity index (χ3v) is 1.65.